The topological polar surface area (TPSA) is 134 Å². The lowest BCUT2D eigenvalue weighted by Gasteiger charge is -2.25. The van der Waals surface area contributed by atoms with E-state index in [1.807, 2.05) is 29.2 Å². The molecule has 2 aromatic rings. The third-order valence-electron chi connectivity index (χ3n) is 5.81. The van der Waals surface area contributed by atoms with Crippen LogP contribution in [-0.4, -0.2) is 79.1 Å². The molecule has 5 N–H and O–H groups in total. The van der Waals surface area contributed by atoms with E-state index in [0.717, 1.165) is 11.3 Å². The van der Waals surface area contributed by atoms with Gasteiger partial charge in [0.15, 0.2) is 0 Å². The normalized spacial score (nSPS) is 13.2. The number of hydrogen-bond acceptors (Lipinski definition) is 7. The van der Waals surface area contributed by atoms with Crippen molar-refractivity contribution < 1.29 is 28.6 Å². The molecule has 3 atom stereocenters. The third-order valence-corrected chi connectivity index (χ3v) is 6.15. The van der Waals surface area contributed by atoms with Crippen molar-refractivity contribution in [3.63, 3.8) is 0 Å². The number of ether oxygens (including phenoxy) is 1. The Kier molecular flexibility index (Phi) is 14.0. The largest absolute Gasteiger partial charge is 0.464 e. The summed E-state index contributed by atoms with van der Waals surface area (Å²) in [6, 6.07) is 9.44. The number of carbonyl (C=O) groups is 3. The number of anilines is 1. The average molecular weight is 586 g/mol. The monoisotopic (exact) mass is 584 g/mol. The Morgan fingerprint density at radius 1 is 0.974 bits per heavy atom. The second-order valence-corrected chi connectivity index (χ2v) is 9.49. The van der Waals surface area contributed by atoms with Gasteiger partial charge in [-0.05, 0) is 42.3 Å². The molecular weight excluding hydrogens is 550 g/mol. The molecular formula is C27H35Cl2FN4O5. The van der Waals surface area contributed by atoms with E-state index in [1.54, 1.807) is 13.0 Å². The maximum atomic E-state index is 13.8. The summed E-state index contributed by atoms with van der Waals surface area (Å²) in [6.45, 7) is 2.27. The van der Waals surface area contributed by atoms with Crippen molar-refractivity contribution in [3.8, 4) is 0 Å². The van der Waals surface area contributed by atoms with Gasteiger partial charge in [0.1, 0.15) is 23.9 Å². The van der Waals surface area contributed by atoms with Crippen molar-refractivity contribution in [2.45, 2.75) is 37.9 Å². The number of amides is 2. The van der Waals surface area contributed by atoms with Gasteiger partial charge in [0, 0.05) is 43.4 Å². The van der Waals surface area contributed by atoms with Crippen molar-refractivity contribution in [2.24, 2.45) is 5.73 Å². The first kappa shape index (κ1) is 32.3. The van der Waals surface area contributed by atoms with E-state index in [9.17, 15) is 23.9 Å². The molecule has 0 saturated carbocycles. The maximum absolute atomic E-state index is 13.8. The molecule has 0 unspecified atom stereocenters. The highest BCUT2D eigenvalue weighted by molar-refractivity contribution is 6.18. The zero-order chi connectivity index (χ0) is 28.8. The first-order chi connectivity index (χ1) is 18.7. The molecule has 2 amide bonds. The van der Waals surface area contributed by atoms with Gasteiger partial charge in [-0.25, -0.2) is 9.18 Å². The quantitative estimate of drug-likeness (QED) is 0.174. The van der Waals surface area contributed by atoms with E-state index in [2.05, 4.69) is 10.6 Å². The Morgan fingerprint density at radius 2 is 1.56 bits per heavy atom. The number of aliphatic hydroxyl groups excluding tert-OH is 1. The van der Waals surface area contributed by atoms with Gasteiger partial charge in [0.25, 0.3) is 0 Å². The minimum absolute atomic E-state index is 0.0790. The molecule has 12 heteroatoms. The Bertz CT molecular complexity index is 1090. The van der Waals surface area contributed by atoms with E-state index < -0.39 is 48.3 Å². The van der Waals surface area contributed by atoms with Crippen molar-refractivity contribution in [2.75, 3.05) is 43.0 Å². The summed E-state index contributed by atoms with van der Waals surface area (Å²) < 4.78 is 19.0. The van der Waals surface area contributed by atoms with Crippen LogP contribution in [0.2, 0.25) is 0 Å². The number of halogens is 3. The fraction of sp³-hybridized carbons (Fsp3) is 0.444. The summed E-state index contributed by atoms with van der Waals surface area (Å²) in [5.41, 5.74) is 7.65. The number of nitrogens with two attached hydrogens (primary N) is 1. The van der Waals surface area contributed by atoms with Crippen LogP contribution in [0.4, 0.5) is 10.1 Å². The van der Waals surface area contributed by atoms with Gasteiger partial charge in [-0.15, -0.1) is 23.2 Å². The predicted octanol–water partition coefficient (Wildman–Crippen LogP) is 1.75. The Morgan fingerprint density at radius 3 is 2.15 bits per heavy atom. The minimum Gasteiger partial charge on any atom is -0.464 e. The highest BCUT2D eigenvalue weighted by Gasteiger charge is 2.29. The minimum atomic E-state index is -1.26. The molecule has 0 aromatic heterocycles. The van der Waals surface area contributed by atoms with Crippen molar-refractivity contribution in [1.29, 1.82) is 0 Å². The lowest BCUT2D eigenvalue weighted by atomic mass is 10.0. The summed E-state index contributed by atoms with van der Waals surface area (Å²) in [4.78, 5) is 40.6. The number of aliphatic hydroxyl groups is 1. The third kappa shape index (κ3) is 10.6. The number of alkyl halides is 2. The van der Waals surface area contributed by atoms with Crippen LogP contribution in [0.3, 0.4) is 0 Å². The van der Waals surface area contributed by atoms with Crippen molar-refractivity contribution in [3.05, 3.63) is 65.5 Å². The number of nitrogens with zero attached hydrogens (tertiary/aromatic N) is 1. The zero-order valence-electron chi connectivity index (χ0n) is 21.7. The molecule has 0 bridgehead atoms. The first-order valence-corrected chi connectivity index (χ1v) is 13.6. The molecule has 0 spiro atoms. The average Bonchev–Trinajstić information content (AvgIpc) is 2.92. The smallest absolute Gasteiger partial charge is 0.328 e. The lowest BCUT2D eigenvalue weighted by Crippen LogP contribution is -2.56. The van der Waals surface area contributed by atoms with Gasteiger partial charge in [-0.1, -0.05) is 24.3 Å². The van der Waals surface area contributed by atoms with Crippen molar-refractivity contribution >= 4 is 46.7 Å². The van der Waals surface area contributed by atoms with Gasteiger partial charge >= 0.3 is 5.97 Å². The zero-order valence-corrected chi connectivity index (χ0v) is 23.3. The van der Waals surface area contributed by atoms with Gasteiger partial charge in [0.05, 0.1) is 13.2 Å². The van der Waals surface area contributed by atoms with Crippen molar-refractivity contribution in [1.82, 2.24) is 10.6 Å². The van der Waals surface area contributed by atoms with Gasteiger partial charge in [-0.3, -0.25) is 9.59 Å². The van der Waals surface area contributed by atoms with Crippen LogP contribution in [-0.2, 0) is 32.0 Å². The number of benzene rings is 2. The summed E-state index contributed by atoms with van der Waals surface area (Å²) in [7, 11) is 0. The maximum Gasteiger partial charge on any atom is 0.328 e. The molecule has 0 aliphatic heterocycles. The summed E-state index contributed by atoms with van der Waals surface area (Å²) >= 11 is 11.9. The molecule has 0 aliphatic carbocycles. The number of rotatable bonds is 16. The van der Waals surface area contributed by atoms with E-state index in [0.29, 0.717) is 30.4 Å². The predicted molar refractivity (Wildman–Crippen MR) is 149 cm³/mol. The van der Waals surface area contributed by atoms with Crippen LogP contribution >= 0.6 is 23.2 Å². The molecule has 2 aromatic carbocycles. The van der Waals surface area contributed by atoms with E-state index in [1.165, 1.54) is 18.2 Å². The molecule has 0 aliphatic rings. The Balaban J connectivity index is 2.30. The van der Waals surface area contributed by atoms with E-state index >= 15 is 0 Å². The SMILES string of the molecule is CCOC(=O)[C@H](Cc1cccc(N(CCCl)CCCl)c1)NC(=O)[C@H](Cc1cccc(F)c1)NC(=O)[C@@H](N)CO. The fourth-order valence-electron chi connectivity index (χ4n) is 3.87. The Hall–Kier alpha value is -2.92. The Labute approximate surface area is 237 Å². The van der Waals surface area contributed by atoms with E-state index in [-0.39, 0.29) is 19.4 Å². The number of esters is 1. The summed E-state index contributed by atoms with van der Waals surface area (Å²) in [5, 5.41) is 14.4. The van der Waals surface area contributed by atoms with Gasteiger partial charge in [0.2, 0.25) is 11.8 Å². The van der Waals surface area contributed by atoms with Crippen LogP contribution in [0.25, 0.3) is 0 Å². The number of carbonyl (C=O) groups excluding carboxylic acids is 3. The van der Waals surface area contributed by atoms with Crippen LogP contribution in [0.5, 0.6) is 0 Å². The van der Waals surface area contributed by atoms with Crippen LogP contribution < -0.4 is 21.3 Å². The van der Waals surface area contributed by atoms with E-state index in [4.69, 9.17) is 33.7 Å². The fourth-order valence-corrected chi connectivity index (χ4v) is 4.28. The second-order valence-electron chi connectivity index (χ2n) is 8.74. The molecule has 0 radical (unpaired) electrons. The first-order valence-electron chi connectivity index (χ1n) is 12.6. The molecule has 0 saturated heterocycles. The van der Waals surface area contributed by atoms with Gasteiger partial charge in [-0.2, -0.15) is 0 Å². The molecule has 39 heavy (non-hydrogen) atoms. The number of nitrogens with one attached hydrogen (secondary N) is 2. The second kappa shape index (κ2) is 16.9. The lowest BCUT2D eigenvalue weighted by molar-refractivity contribution is -0.147. The van der Waals surface area contributed by atoms with Gasteiger partial charge < -0.3 is 31.1 Å². The summed E-state index contributed by atoms with van der Waals surface area (Å²) in [5.74, 6) is -1.82. The molecule has 0 heterocycles. The van der Waals surface area contributed by atoms with Crippen LogP contribution in [0.1, 0.15) is 18.1 Å². The molecule has 9 nitrogen and oxygen atoms in total. The standard InChI is InChI=1S/C27H35Cl2FN4O5/c1-2-39-27(38)24(16-19-6-4-8-21(14-19)34(11-9-28)12-10-29)33-26(37)23(32-25(36)22(31)17-35)15-18-5-3-7-20(30)13-18/h3-8,13-14,22-24,35H,2,9-12,15-17,31H2,1H3,(H,32,36)(H,33,37)/t22-,23-,24-/m0/s1. The molecule has 214 valence electrons. The molecule has 0 fully saturated rings. The van der Waals surface area contributed by atoms with Crippen LogP contribution in [0.15, 0.2) is 48.5 Å². The molecule has 2 rings (SSSR count). The highest BCUT2D eigenvalue weighted by Crippen LogP contribution is 2.18. The van der Waals surface area contributed by atoms with Crippen LogP contribution in [0, 0.1) is 5.82 Å². The summed E-state index contributed by atoms with van der Waals surface area (Å²) in [6.07, 6.45) is 0.0229. The highest BCUT2D eigenvalue weighted by atomic mass is 35.5. The number of hydrogen-bond donors (Lipinski definition) is 4.